The molecule has 2 heterocycles. The first-order valence-electron chi connectivity index (χ1n) is 7.87. The third-order valence-electron chi connectivity index (χ3n) is 4.28. The molecule has 1 aliphatic rings. The number of aromatic amines is 1. The number of aromatic nitrogens is 1. The molecule has 0 bridgehead atoms. The van der Waals surface area contributed by atoms with E-state index in [1.807, 2.05) is 30.3 Å². The summed E-state index contributed by atoms with van der Waals surface area (Å²) in [5.41, 5.74) is 1.08. The van der Waals surface area contributed by atoms with Crippen LogP contribution in [0.15, 0.2) is 47.3 Å². The van der Waals surface area contributed by atoms with Gasteiger partial charge in [0, 0.05) is 18.8 Å². The number of nitrogens with zero attached hydrogens (tertiary/aromatic N) is 1. The first kappa shape index (κ1) is 16.0. The van der Waals surface area contributed by atoms with Crippen molar-refractivity contribution in [2.45, 2.75) is 12.8 Å². The fourth-order valence-electron chi connectivity index (χ4n) is 2.96. The second kappa shape index (κ2) is 6.70. The summed E-state index contributed by atoms with van der Waals surface area (Å²) in [4.78, 5) is 40.1. The van der Waals surface area contributed by atoms with Crippen molar-refractivity contribution in [2.24, 2.45) is 5.92 Å². The maximum atomic E-state index is 12.5. The number of carboxylic acid groups (broad SMARTS) is 1. The van der Waals surface area contributed by atoms with Crippen LogP contribution in [0.3, 0.4) is 0 Å². The van der Waals surface area contributed by atoms with Crippen LogP contribution in [0.4, 0.5) is 0 Å². The van der Waals surface area contributed by atoms with Gasteiger partial charge in [0.1, 0.15) is 5.56 Å². The highest BCUT2D eigenvalue weighted by Crippen LogP contribution is 2.19. The normalized spacial score (nSPS) is 17.5. The molecular formula is C18H18N2O4. The van der Waals surface area contributed by atoms with Gasteiger partial charge < -0.3 is 15.0 Å². The maximum absolute atomic E-state index is 12.5. The van der Waals surface area contributed by atoms with Crippen molar-refractivity contribution in [1.29, 1.82) is 0 Å². The van der Waals surface area contributed by atoms with Crippen molar-refractivity contribution < 1.29 is 14.7 Å². The molecule has 1 unspecified atom stereocenters. The third-order valence-corrected chi connectivity index (χ3v) is 4.28. The van der Waals surface area contributed by atoms with E-state index in [2.05, 4.69) is 4.98 Å². The van der Waals surface area contributed by atoms with Gasteiger partial charge in [0.2, 0.25) is 0 Å². The molecule has 1 amide bonds. The van der Waals surface area contributed by atoms with Gasteiger partial charge in [-0.15, -0.1) is 0 Å². The molecule has 2 N–H and O–H groups in total. The van der Waals surface area contributed by atoms with Crippen molar-refractivity contribution >= 4 is 11.9 Å². The Morgan fingerprint density at radius 1 is 1.12 bits per heavy atom. The molecule has 1 fully saturated rings. The summed E-state index contributed by atoms with van der Waals surface area (Å²) in [5, 5.41) is 9.12. The number of carboxylic acids is 1. The first-order valence-corrected chi connectivity index (χ1v) is 7.87. The number of carbonyl (C=O) groups is 2. The molecule has 1 saturated heterocycles. The minimum absolute atomic E-state index is 0.0423. The molecule has 124 valence electrons. The lowest BCUT2D eigenvalue weighted by Gasteiger charge is -2.30. The van der Waals surface area contributed by atoms with Crippen molar-refractivity contribution in [3.8, 4) is 11.3 Å². The second-order valence-corrected chi connectivity index (χ2v) is 5.91. The quantitative estimate of drug-likeness (QED) is 0.902. The SMILES string of the molecule is O=C(O)C1CCCN(C(=O)c2ccc(-c3ccccc3)[nH]c2=O)C1. The van der Waals surface area contributed by atoms with Gasteiger partial charge in [-0.05, 0) is 30.5 Å². The second-order valence-electron chi connectivity index (χ2n) is 5.91. The van der Waals surface area contributed by atoms with Gasteiger partial charge in [0.25, 0.3) is 11.5 Å². The Bertz CT molecular complexity index is 813. The Morgan fingerprint density at radius 3 is 2.54 bits per heavy atom. The van der Waals surface area contributed by atoms with E-state index in [0.717, 1.165) is 5.56 Å². The fraction of sp³-hybridized carbons (Fsp3) is 0.278. The number of rotatable bonds is 3. The number of aliphatic carboxylic acids is 1. The minimum atomic E-state index is -0.902. The highest BCUT2D eigenvalue weighted by atomic mass is 16.4. The first-order chi connectivity index (χ1) is 11.6. The number of pyridine rings is 1. The molecular weight excluding hydrogens is 308 g/mol. The molecule has 3 rings (SSSR count). The zero-order valence-electron chi connectivity index (χ0n) is 13.1. The lowest BCUT2D eigenvalue weighted by Crippen LogP contribution is -2.43. The van der Waals surface area contributed by atoms with E-state index in [1.165, 1.54) is 11.0 Å². The summed E-state index contributed by atoms with van der Waals surface area (Å²) in [6.07, 6.45) is 1.19. The zero-order chi connectivity index (χ0) is 17.1. The molecule has 6 heteroatoms. The van der Waals surface area contributed by atoms with E-state index in [0.29, 0.717) is 25.1 Å². The van der Waals surface area contributed by atoms with Crippen molar-refractivity contribution in [1.82, 2.24) is 9.88 Å². The van der Waals surface area contributed by atoms with Crippen LogP contribution in [-0.2, 0) is 4.79 Å². The molecule has 2 aromatic rings. The van der Waals surface area contributed by atoms with Crippen molar-refractivity contribution in [3.63, 3.8) is 0 Å². The fourth-order valence-corrected chi connectivity index (χ4v) is 2.96. The van der Waals surface area contributed by atoms with Crippen LogP contribution in [-0.4, -0.2) is 40.0 Å². The van der Waals surface area contributed by atoms with Crippen LogP contribution in [0.25, 0.3) is 11.3 Å². The van der Waals surface area contributed by atoms with E-state index < -0.39 is 23.4 Å². The number of benzene rings is 1. The van der Waals surface area contributed by atoms with E-state index in [9.17, 15) is 14.4 Å². The number of hydrogen-bond donors (Lipinski definition) is 2. The van der Waals surface area contributed by atoms with Gasteiger partial charge in [0.15, 0.2) is 0 Å². The van der Waals surface area contributed by atoms with Crippen molar-refractivity contribution in [3.05, 3.63) is 58.4 Å². The van der Waals surface area contributed by atoms with E-state index in [-0.39, 0.29) is 12.1 Å². The van der Waals surface area contributed by atoms with E-state index in [4.69, 9.17) is 5.11 Å². The van der Waals surface area contributed by atoms with Crippen LogP contribution in [0, 0.1) is 5.92 Å². The van der Waals surface area contributed by atoms with Crippen LogP contribution in [0.2, 0.25) is 0 Å². The molecule has 0 saturated carbocycles. The Hall–Kier alpha value is -2.89. The van der Waals surface area contributed by atoms with Crippen LogP contribution in [0.5, 0.6) is 0 Å². The van der Waals surface area contributed by atoms with Crippen LogP contribution < -0.4 is 5.56 Å². The van der Waals surface area contributed by atoms with E-state index >= 15 is 0 Å². The Morgan fingerprint density at radius 2 is 1.88 bits per heavy atom. The van der Waals surface area contributed by atoms with Crippen LogP contribution >= 0.6 is 0 Å². The highest BCUT2D eigenvalue weighted by molar-refractivity contribution is 5.94. The summed E-state index contributed by atoms with van der Waals surface area (Å²) in [6.45, 7) is 0.622. The topological polar surface area (TPSA) is 90.5 Å². The molecule has 1 aromatic carbocycles. The summed E-state index contributed by atoms with van der Waals surface area (Å²) >= 11 is 0. The highest BCUT2D eigenvalue weighted by Gasteiger charge is 2.29. The molecule has 0 radical (unpaired) electrons. The predicted octanol–water partition coefficient (Wildman–Crippen LogP) is 1.98. The Balaban J connectivity index is 1.83. The smallest absolute Gasteiger partial charge is 0.308 e. The number of hydrogen-bond acceptors (Lipinski definition) is 3. The Labute approximate surface area is 138 Å². The van der Waals surface area contributed by atoms with Gasteiger partial charge in [-0.3, -0.25) is 14.4 Å². The number of piperidine rings is 1. The number of nitrogens with one attached hydrogen (secondary N) is 1. The average molecular weight is 326 g/mol. The molecule has 0 aliphatic carbocycles. The number of carbonyl (C=O) groups excluding carboxylic acids is 1. The molecule has 24 heavy (non-hydrogen) atoms. The zero-order valence-corrected chi connectivity index (χ0v) is 13.1. The van der Waals surface area contributed by atoms with Crippen molar-refractivity contribution in [2.75, 3.05) is 13.1 Å². The lowest BCUT2D eigenvalue weighted by atomic mass is 9.97. The molecule has 0 spiro atoms. The third kappa shape index (κ3) is 3.22. The van der Waals surface area contributed by atoms with E-state index in [1.54, 1.807) is 6.07 Å². The average Bonchev–Trinajstić information content (AvgIpc) is 2.62. The predicted molar refractivity (Wildman–Crippen MR) is 88.8 cm³/mol. The Kier molecular flexibility index (Phi) is 4.46. The lowest BCUT2D eigenvalue weighted by molar-refractivity contribution is -0.143. The monoisotopic (exact) mass is 326 g/mol. The summed E-state index contributed by atoms with van der Waals surface area (Å²) < 4.78 is 0. The number of H-pyrrole nitrogens is 1. The minimum Gasteiger partial charge on any atom is -0.481 e. The number of amides is 1. The van der Waals surface area contributed by atoms with Gasteiger partial charge in [-0.2, -0.15) is 0 Å². The van der Waals surface area contributed by atoms with Gasteiger partial charge in [0.05, 0.1) is 5.92 Å². The van der Waals surface area contributed by atoms with Gasteiger partial charge in [-0.1, -0.05) is 30.3 Å². The summed E-state index contributed by atoms with van der Waals surface area (Å²) in [6, 6.07) is 12.6. The standard InChI is InChI=1S/C18H18N2O4/c21-16-14(8-9-15(19-16)12-5-2-1-3-6-12)17(22)20-10-4-7-13(11-20)18(23)24/h1-3,5-6,8-9,13H,4,7,10-11H2,(H,19,21)(H,23,24). The molecule has 1 atom stereocenters. The van der Waals surface area contributed by atoms with Crippen LogP contribution in [0.1, 0.15) is 23.2 Å². The molecule has 6 nitrogen and oxygen atoms in total. The summed E-state index contributed by atoms with van der Waals surface area (Å²) in [7, 11) is 0. The maximum Gasteiger partial charge on any atom is 0.308 e. The summed E-state index contributed by atoms with van der Waals surface area (Å²) in [5.74, 6) is -1.88. The number of likely N-dealkylation sites (tertiary alicyclic amines) is 1. The van der Waals surface area contributed by atoms with Gasteiger partial charge >= 0.3 is 5.97 Å². The molecule has 1 aliphatic heterocycles. The molecule has 1 aromatic heterocycles. The largest absolute Gasteiger partial charge is 0.481 e. The van der Waals surface area contributed by atoms with Gasteiger partial charge in [-0.25, -0.2) is 0 Å².